The zero-order valence-corrected chi connectivity index (χ0v) is 20.8. The summed E-state index contributed by atoms with van der Waals surface area (Å²) in [7, 11) is -4.43. The summed E-state index contributed by atoms with van der Waals surface area (Å²) in [6.45, 7) is 21.2. The highest BCUT2D eigenvalue weighted by Gasteiger charge is 2.36. The van der Waals surface area contributed by atoms with Gasteiger partial charge in [0.25, 0.3) is 0 Å². The van der Waals surface area contributed by atoms with Crippen LogP contribution in [0.1, 0.15) is 41.0 Å². The molecule has 1 fully saturated rings. The lowest BCUT2D eigenvalue weighted by Gasteiger charge is -2.25. The van der Waals surface area contributed by atoms with Gasteiger partial charge in [-0.05, 0) is 59.3 Å². The molecule has 7 nitrogen and oxygen atoms in total. The van der Waals surface area contributed by atoms with Crippen LogP contribution in [0.5, 0.6) is 0 Å². The molecular weight excluding hydrogens is 396 g/mol. The number of epoxide rings is 1. The van der Waals surface area contributed by atoms with Gasteiger partial charge in [-0.25, -0.2) is 0 Å². The third-order valence-electron chi connectivity index (χ3n) is 3.81. The summed E-state index contributed by atoms with van der Waals surface area (Å²) in [5.41, 5.74) is 1.67. The normalized spacial score (nSPS) is 16.4. The lowest BCUT2D eigenvalue weighted by atomic mass is 10.5. The minimum atomic E-state index is -2.51. The lowest BCUT2D eigenvalue weighted by molar-refractivity contribution is 0.0844. The first-order valence-corrected chi connectivity index (χ1v) is 14.8. The zero-order chi connectivity index (χ0) is 21.3. The summed E-state index contributed by atoms with van der Waals surface area (Å²) in [4.78, 5) is 0. The van der Waals surface area contributed by atoms with Gasteiger partial charge in [0.15, 0.2) is 0 Å². The van der Waals surface area contributed by atoms with Crippen LogP contribution in [0.15, 0.2) is 12.3 Å². The van der Waals surface area contributed by atoms with Gasteiger partial charge in [-0.3, -0.25) is 0 Å². The van der Waals surface area contributed by atoms with Crippen molar-refractivity contribution in [3.05, 3.63) is 12.3 Å². The van der Waals surface area contributed by atoms with Gasteiger partial charge in [-0.15, -0.1) is 0 Å². The zero-order valence-electron chi connectivity index (χ0n) is 18.8. The number of hydrogen-bond acceptors (Lipinski definition) is 7. The lowest BCUT2D eigenvalue weighted by Crippen LogP contribution is -2.44. The smallest absolute Gasteiger partial charge is 0.395 e. The van der Waals surface area contributed by atoms with E-state index in [0.29, 0.717) is 25.9 Å². The Labute approximate surface area is 174 Å². The molecule has 0 aromatic heterocycles. The number of ether oxygens (including phenoxy) is 2. The van der Waals surface area contributed by atoms with Crippen molar-refractivity contribution in [1.29, 1.82) is 0 Å². The van der Waals surface area contributed by atoms with E-state index in [1.165, 1.54) is 0 Å². The van der Waals surface area contributed by atoms with Crippen LogP contribution in [0.3, 0.4) is 0 Å². The van der Waals surface area contributed by atoms with Gasteiger partial charge in [0.05, 0.1) is 13.2 Å². The first kappa shape index (κ1) is 27.9. The summed E-state index contributed by atoms with van der Waals surface area (Å²) >= 11 is 0. The van der Waals surface area contributed by atoms with E-state index in [4.69, 9.17) is 31.6 Å². The van der Waals surface area contributed by atoms with Crippen molar-refractivity contribution in [3.8, 4) is 0 Å². The molecule has 0 bridgehead atoms. The van der Waals surface area contributed by atoms with Gasteiger partial charge in [0, 0.05) is 39.6 Å². The van der Waals surface area contributed by atoms with E-state index in [0.717, 1.165) is 45.5 Å². The summed E-state index contributed by atoms with van der Waals surface area (Å²) in [6, 6.07) is 1.00. The van der Waals surface area contributed by atoms with Gasteiger partial charge in [-0.1, -0.05) is 6.58 Å². The summed E-state index contributed by atoms with van der Waals surface area (Å²) in [5.74, 6) is 0. The molecule has 0 saturated carbocycles. The predicted molar refractivity (Wildman–Crippen MR) is 116 cm³/mol. The van der Waals surface area contributed by atoms with Crippen LogP contribution in [-0.4, -0.2) is 76.3 Å². The predicted octanol–water partition coefficient (Wildman–Crippen LogP) is 3.70. The van der Waals surface area contributed by atoms with Crippen LogP contribution in [-0.2, 0) is 31.6 Å². The minimum Gasteiger partial charge on any atom is -0.395 e. The molecule has 9 heteroatoms. The molecular formula is C19H42O7Si2. The molecule has 28 heavy (non-hydrogen) atoms. The molecule has 0 aromatic carbocycles. The fourth-order valence-electron chi connectivity index (χ4n) is 2.58. The molecule has 0 radical (unpaired) electrons. The second-order valence-corrected chi connectivity index (χ2v) is 12.1. The Bertz CT molecular complexity index is 358. The van der Waals surface area contributed by atoms with Crippen LogP contribution in [0.25, 0.3) is 0 Å². The highest BCUT2D eigenvalue weighted by atomic mass is 28.4. The average Bonchev–Trinajstić information content (AvgIpc) is 3.47. The molecule has 1 aliphatic rings. The maximum Gasteiger partial charge on any atom is 0.528 e. The van der Waals surface area contributed by atoms with Gasteiger partial charge in [0.1, 0.15) is 6.10 Å². The minimum absolute atomic E-state index is 0.363. The maximum atomic E-state index is 5.75. The van der Waals surface area contributed by atoms with Crippen molar-refractivity contribution in [2.75, 3.05) is 52.9 Å². The molecule has 1 rings (SSSR count). The molecule has 168 valence electrons. The average molecular weight is 439 g/mol. The first-order valence-electron chi connectivity index (χ1n) is 10.5. The second kappa shape index (κ2) is 16.7. The number of hydrogen-bond donors (Lipinski definition) is 0. The van der Waals surface area contributed by atoms with Gasteiger partial charge in [0.2, 0.25) is 0 Å². The quantitative estimate of drug-likeness (QED) is 0.195. The highest BCUT2D eigenvalue weighted by Crippen LogP contribution is 2.16. The maximum absolute atomic E-state index is 5.75. The highest BCUT2D eigenvalue weighted by molar-refractivity contribution is 6.66. The second-order valence-electron chi connectivity index (χ2n) is 6.24. The Hall–Kier alpha value is -0.106. The Morgan fingerprint density at radius 2 is 1.36 bits per heavy atom. The van der Waals surface area contributed by atoms with Crippen molar-refractivity contribution >= 4 is 17.4 Å². The topological polar surface area (TPSA) is 67.9 Å². The van der Waals surface area contributed by atoms with E-state index in [-0.39, 0.29) is 0 Å². The Morgan fingerprint density at radius 1 is 0.893 bits per heavy atom. The fourth-order valence-corrected chi connectivity index (χ4v) is 6.77. The van der Waals surface area contributed by atoms with Crippen molar-refractivity contribution in [1.82, 2.24) is 0 Å². The van der Waals surface area contributed by atoms with E-state index >= 15 is 0 Å². The van der Waals surface area contributed by atoms with Crippen LogP contribution >= 0.6 is 0 Å². The molecule has 0 aliphatic carbocycles. The summed E-state index contributed by atoms with van der Waals surface area (Å²) < 4.78 is 38.4. The van der Waals surface area contributed by atoms with E-state index < -0.39 is 17.4 Å². The van der Waals surface area contributed by atoms with Gasteiger partial charge < -0.3 is 31.6 Å². The summed E-state index contributed by atoms with van der Waals surface area (Å²) in [6.07, 6.45) is 1.37. The largest absolute Gasteiger partial charge is 0.528 e. The van der Waals surface area contributed by atoms with Gasteiger partial charge >= 0.3 is 17.4 Å². The third kappa shape index (κ3) is 13.2. The Balaban J connectivity index is 0.000000546. The van der Waals surface area contributed by atoms with Crippen LogP contribution in [0.2, 0.25) is 12.6 Å². The molecule has 1 unspecified atom stereocenters. The SMILES string of the molecule is C=C[Si](OCC)(OCC)OCC.CCO[Si](C)(CCCOCC1CO1)OCC. The first-order chi connectivity index (χ1) is 13.4. The Kier molecular flexibility index (Phi) is 16.6. The van der Waals surface area contributed by atoms with Crippen molar-refractivity contribution < 1.29 is 31.6 Å². The molecule has 1 saturated heterocycles. The fraction of sp³-hybridized carbons (Fsp3) is 0.895. The molecule has 0 amide bonds. The van der Waals surface area contributed by atoms with Crippen LogP contribution in [0.4, 0.5) is 0 Å². The monoisotopic (exact) mass is 438 g/mol. The van der Waals surface area contributed by atoms with Crippen LogP contribution < -0.4 is 0 Å². The molecule has 1 aliphatic heterocycles. The molecule has 0 N–H and O–H groups in total. The van der Waals surface area contributed by atoms with Crippen LogP contribution in [0, 0.1) is 0 Å². The number of rotatable bonds is 17. The van der Waals surface area contributed by atoms with Gasteiger partial charge in [-0.2, -0.15) is 0 Å². The summed E-state index contributed by atoms with van der Waals surface area (Å²) in [5, 5.41) is 0. The molecule has 0 spiro atoms. The standard InChI is InChI=1S/C11H24O4Si.C8H18O3Si/c1-4-14-16(3,15-5-2)8-6-7-12-9-11-10-13-11;1-5-9-12(8-4,10-6-2)11-7-3/h11H,4-10H2,1-3H3;8H,4-7H2,1-3H3. The van der Waals surface area contributed by atoms with Crippen molar-refractivity contribution in [2.45, 2.75) is 59.7 Å². The van der Waals surface area contributed by atoms with E-state index in [9.17, 15) is 0 Å². The third-order valence-corrected chi connectivity index (χ3v) is 9.45. The Morgan fingerprint density at radius 3 is 1.71 bits per heavy atom. The van der Waals surface area contributed by atoms with Crippen molar-refractivity contribution in [2.24, 2.45) is 0 Å². The molecule has 1 heterocycles. The molecule has 1 atom stereocenters. The van der Waals surface area contributed by atoms with E-state index in [1.54, 1.807) is 5.70 Å². The molecule has 0 aromatic rings. The van der Waals surface area contributed by atoms with E-state index in [2.05, 4.69) is 13.1 Å². The van der Waals surface area contributed by atoms with E-state index in [1.807, 2.05) is 34.6 Å². The van der Waals surface area contributed by atoms with Crippen molar-refractivity contribution in [3.63, 3.8) is 0 Å².